The highest BCUT2D eigenvalue weighted by molar-refractivity contribution is 5.59. The van der Waals surface area contributed by atoms with Crippen LogP contribution in [0, 0.1) is 5.82 Å². The van der Waals surface area contributed by atoms with Crippen LogP contribution in [-0.4, -0.2) is 12.1 Å². The molecular weight excluding hydrogens is 177 g/mol. The van der Waals surface area contributed by atoms with Crippen LogP contribution in [-0.2, 0) is 6.42 Å². The number of rotatable bonds is 0. The van der Waals surface area contributed by atoms with Gasteiger partial charge in [-0.3, -0.25) is 0 Å². The van der Waals surface area contributed by atoms with Crippen molar-refractivity contribution in [1.82, 2.24) is 0 Å². The van der Waals surface area contributed by atoms with E-state index >= 15 is 0 Å². The van der Waals surface area contributed by atoms with Crippen molar-refractivity contribution in [2.24, 2.45) is 0 Å². The van der Waals surface area contributed by atoms with Crippen LogP contribution in [0.15, 0.2) is 18.2 Å². The predicted octanol–water partition coefficient (Wildman–Crippen LogP) is 2.99. The summed E-state index contributed by atoms with van der Waals surface area (Å²) in [6.45, 7) is 7.48. The van der Waals surface area contributed by atoms with Gasteiger partial charge in [0, 0.05) is 17.8 Å². The zero-order chi connectivity index (χ0) is 10.3. The molecule has 1 aliphatic heterocycles. The van der Waals surface area contributed by atoms with E-state index in [4.69, 9.17) is 0 Å². The topological polar surface area (TPSA) is 3.24 Å². The molecule has 14 heavy (non-hydrogen) atoms. The van der Waals surface area contributed by atoms with Gasteiger partial charge < -0.3 is 4.90 Å². The molecule has 2 heteroatoms. The monoisotopic (exact) mass is 193 g/mol. The maximum absolute atomic E-state index is 13.1. The third-order valence-corrected chi connectivity index (χ3v) is 2.75. The van der Waals surface area contributed by atoms with Crippen molar-refractivity contribution in [3.63, 3.8) is 0 Å². The highest BCUT2D eigenvalue weighted by Crippen LogP contribution is 2.33. The van der Waals surface area contributed by atoms with Gasteiger partial charge in [0.05, 0.1) is 0 Å². The molecule has 0 saturated carbocycles. The number of hydrogen-bond donors (Lipinski definition) is 0. The van der Waals surface area contributed by atoms with Crippen molar-refractivity contribution >= 4 is 5.69 Å². The zero-order valence-corrected chi connectivity index (χ0v) is 8.97. The smallest absolute Gasteiger partial charge is 0.125 e. The summed E-state index contributed by atoms with van der Waals surface area (Å²) in [4.78, 5) is 2.27. The molecule has 0 spiro atoms. The van der Waals surface area contributed by atoms with E-state index in [0.29, 0.717) is 0 Å². The largest absolute Gasteiger partial charge is 0.366 e. The van der Waals surface area contributed by atoms with Crippen molar-refractivity contribution in [2.75, 3.05) is 11.4 Å². The van der Waals surface area contributed by atoms with Gasteiger partial charge in [-0.15, -0.1) is 0 Å². The number of fused-ring (bicyclic) bond motifs is 1. The van der Waals surface area contributed by atoms with Gasteiger partial charge in [-0.2, -0.15) is 0 Å². The molecular formula is C12H16FN. The quantitative estimate of drug-likeness (QED) is 0.612. The molecule has 1 heterocycles. The standard InChI is InChI=1S/C12H16FN/c1-12(2,3)14-7-6-9-4-5-10(13)8-11(9)14/h4-5,8H,6-7H2,1-3H3. The fourth-order valence-corrected chi connectivity index (χ4v) is 2.05. The summed E-state index contributed by atoms with van der Waals surface area (Å²) in [5.41, 5.74) is 2.41. The first kappa shape index (κ1) is 9.50. The van der Waals surface area contributed by atoms with Crippen LogP contribution in [0.2, 0.25) is 0 Å². The van der Waals surface area contributed by atoms with Gasteiger partial charge in [0.15, 0.2) is 0 Å². The van der Waals surface area contributed by atoms with Crippen molar-refractivity contribution < 1.29 is 4.39 Å². The Morgan fingerprint density at radius 1 is 1.29 bits per heavy atom. The van der Waals surface area contributed by atoms with Crippen LogP contribution in [0.25, 0.3) is 0 Å². The molecule has 0 aromatic heterocycles. The second-order valence-electron chi connectivity index (χ2n) is 4.85. The number of anilines is 1. The first-order chi connectivity index (χ1) is 6.48. The average molecular weight is 193 g/mol. The zero-order valence-electron chi connectivity index (χ0n) is 8.97. The van der Waals surface area contributed by atoms with E-state index in [1.165, 1.54) is 5.56 Å². The summed E-state index contributed by atoms with van der Waals surface area (Å²) in [5.74, 6) is -0.139. The van der Waals surface area contributed by atoms with E-state index in [0.717, 1.165) is 18.7 Å². The van der Waals surface area contributed by atoms with E-state index < -0.39 is 0 Å². The van der Waals surface area contributed by atoms with E-state index in [2.05, 4.69) is 25.7 Å². The molecule has 0 bridgehead atoms. The van der Waals surface area contributed by atoms with Crippen molar-refractivity contribution in [1.29, 1.82) is 0 Å². The van der Waals surface area contributed by atoms with Gasteiger partial charge in [0.2, 0.25) is 0 Å². The molecule has 0 radical (unpaired) electrons. The summed E-state index contributed by atoms with van der Waals surface area (Å²) >= 11 is 0. The first-order valence-electron chi connectivity index (χ1n) is 5.04. The Morgan fingerprint density at radius 2 is 2.00 bits per heavy atom. The van der Waals surface area contributed by atoms with Crippen LogP contribution < -0.4 is 4.90 Å². The molecule has 0 amide bonds. The van der Waals surface area contributed by atoms with Gasteiger partial charge in [-0.1, -0.05) is 6.07 Å². The number of hydrogen-bond acceptors (Lipinski definition) is 1. The summed E-state index contributed by atoms with van der Waals surface area (Å²) in [6.07, 6.45) is 1.03. The summed E-state index contributed by atoms with van der Waals surface area (Å²) in [7, 11) is 0. The molecule has 76 valence electrons. The lowest BCUT2D eigenvalue weighted by Gasteiger charge is -2.34. The van der Waals surface area contributed by atoms with Gasteiger partial charge in [-0.05, 0) is 44.9 Å². The lowest BCUT2D eigenvalue weighted by Crippen LogP contribution is -2.40. The van der Waals surface area contributed by atoms with Gasteiger partial charge in [-0.25, -0.2) is 4.39 Å². The maximum atomic E-state index is 13.1. The minimum Gasteiger partial charge on any atom is -0.366 e. The van der Waals surface area contributed by atoms with Crippen LogP contribution in [0.1, 0.15) is 26.3 Å². The van der Waals surface area contributed by atoms with Crippen LogP contribution in [0.3, 0.4) is 0 Å². The Kier molecular flexibility index (Phi) is 2.02. The molecule has 0 saturated heterocycles. The lowest BCUT2D eigenvalue weighted by molar-refractivity contribution is 0.517. The Labute approximate surface area is 84.5 Å². The van der Waals surface area contributed by atoms with Gasteiger partial charge in [0.25, 0.3) is 0 Å². The number of halogens is 1. The average Bonchev–Trinajstić information content (AvgIpc) is 2.45. The fourth-order valence-electron chi connectivity index (χ4n) is 2.05. The molecule has 1 nitrogen and oxygen atoms in total. The Hall–Kier alpha value is -1.05. The fraction of sp³-hybridized carbons (Fsp3) is 0.500. The maximum Gasteiger partial charge on any atom is 0.125 e. The lowest BCUT2D eigenvalue weighted by atomic mass is 10.1. The van der Waals surface area contributed by atoms with Crippen LogP contribution >= 0.6 is 0 Å². The van der Waals surface area contributed by atoms with Crippen LogP contribution in [0.4, 0.5) is 10.1 Å². The molecule has 1 aromatic carbocycles. The number of benzene rings is 1. The predicted molar refractivity (Wildman–Crippen MR) is 57.2 cm³/mol. The molecule has 0 N–H and O–H groups in total. The highest BCUT2D eigenvalue weighted by atomic mass is 19.1. The van der Waals surface area contributed by atoms with E-state index in [1.807, 2.05) is 6.07 Å². The highest BCUT2D eigenvalue weighted by Gasteiger charge is 2.28. The van der Waals surface area contributed by atoms with E-state index in [9.17, 15) is 4.39 Å². The second kappa shape index (κ2) is 2.97. The van der Waals surface area contributed by atoms with Crippen molar-refractivity contribution in [3.05, 3.63) is 29.6 Å². The van der Waals surface area contributed by atoms with Gasteiger partial charge in [0.1, 0.15) is 5.82 Å². The molecule has 0 unspecified atom stereocenters. The minimum absolute atomic E-state index is 0.0824. The van der Waals surface area contributed by atoms with Crippen molar-refractivity contribution in [2.45, 2.75) is 32.7 Å². The SMILES string of the molecule is CC(C)(C)N1CCc2ccc(F)cc21. The molecule has 1 aromatic rings. The third-order valence-electron chi connectivity index (χ3n) is 2.75. The normalized spacial score (nSPS) is 15.9. The molecule has 0 atom stereocenters. The van der Waals surface area contributed by atoms with Gasteiger partial charge >= 0.3 is 0 Å². The summed E-state index contributed by atoms with van der Waals surface area (Å²) < 4.78 is 13.1. The van der Waals surface area contributed by atoms with Crippen LogP contribution in [0.5, 0.6) is 0 Å². The molecule has 2 rings (SSSR count). The Balaban J connectivity index is 2.43. The number of nitrogens with zero attached hydrogens (tertiary/aromatic N) is 1. The summed E-state index contributed by atoms with van der Waals surface area (Å²) in [5, 5.41) is 0. The van der Waals surface area contributed by atoms with E-state index in [-0.39, 0.29) is 11.4 Å². The summed E-state index contributed by atoms with van der Waals surface area (Å²) in [6, 6.07) is 5.09. The molecule has 0 fully saturated rings. The molecule has 0 aliphatic carbocycles. The van der Waals surface area contributed by atoms with E-state index in [1.54, 1.807) is 12.1 Å². The first-order valence-corrected chi connectivity index (χ1v) is 5.04. The third kappa shape index (κ3) is 1.49. The second-order valence-corrected chi connectivity index (χ2v) is 4.85. The Bertz CT molecular complexity index is 352. The van der Waals surface area contributed by atoms with Crippen molar-refractivity contribution in [3.8, 4) is 0 Å². The Morgan fingerprint density at radius 3 is 2.64 bits per heavy atom. The molecule has 1 aliphatic rings. The minimum atomic E-state index is -0.139.